The van der Waals surface area contributed by atoms with Crippen LogP contribution in [0.5, 0.6) is 0 Å². The number of nitrogens with one attached hydrogen (secondary N) is 2. The monoisotopic (exact) mass is 445 g/mol. The van der Waals surface area contributed by atoms with Gasteiger partial charge in [-0.3, -0.25) is 9.36 Å². The average Bonchev–Trinajstić information content (AvgIpc) is 3.51. The third-order valence-electron chi connectivity index (χ3n) is 5.61. The van der Waals surface area contributed by atoms with Crippen LogP contribution in [0.3, 0.4) is 0 Å². The topological polar surface area (TPSA) is 139 Å². The molecule has 1 aliphatic heterocycles. The van der Waals surface area contributed by atoms with Crippen LogP contribution in [0.4, 0.5) is 10.1 Å². The van der Waals surface area contributed by atoms with Gasteiger partial charge in [-0.2, -0.15) is 10.4 Å². The largest absolute Gasteiger partial charge is 0.378 e. The fraction of sp³-hybridized carbons (Fsp3) is 0.227. The molecule has 5 rings (SSSR count). The first-order valence-corrected chi connectivity index (χ1v) is 10.3. The van der Waals surface area contributed by atoms with Gasteiger partial charge < -0.3 is 16.4 Å². The smallest absolute Gasteiger partial charge is 0.252 e. The molecule has 0 aliphatic carbocycles. The van der Waals surface area contributed by atoms with Crippen molar-refractivity contribution in [3.8, 4) is 17.7 Å². The molecule has 11 heteroatoms. The standard InChI is InChI=1S/C22H20FN9O/c1-12-6-14(8-24)30-32(12)22-15(21(25)33)3-5-20(29-22)31-11-27-17-7-13(2-4-19(17)31)28-18-10-26-9-16(18)23/h2-7,11,16,18,26,28H,9-10H2,1H3,(H2,25,33). The van der Waals surface area contributed by atoms with E-state index in [-0.39, 0.29) is 23.1 Å². The Labute approximate surface area is 187 Å². The van der Waals surface area contributed by atoms with Crippen LogP contribution in [0.2, 0.25) is 0 Å². The molecule has 1 fully saturated rings. The quantitative estimate of drug-likeness (QED) is 0.424. The Morgan fingerprint density at radius 1 is 1.30 bits per heavy atom. The van der Waals surface area contributed by atoms with Crippen LogP contribution in [0.25, 0.3) is 22.7 Å². The molecule has 4 heterocycles. The van der Waals surface area contributed by atoms with Gasteiger partial charge in [0.2, 0.25) is 0 Å². The van der Waals surface area contributed by atoms with Gasteiger partial charge in [0, 0.05) is 24.5 Å². The summed E-state index contributed by atoms with van der Waals surface area (Å²) in [6.45, 7) is 2.66. The predicted molar refractivity (Wildman–Crippen MR) is 119 cm³/mol. The molecule has 1 saturated heterocycles. The normalized spacial score (nSPS) is 17.8. The second kappa shape index (κ2) is 7.99. The number of nitrogens with two attached hydrogens (primary N) is 1. The van der Waals surface area contributed by atoms with E-state index >= 15 is 0 Å². The third kappa shape index (κ3) is 3.66. The zero-order chi connectivity index (χ0) is 23.1. The van der Waals surface area contributed by atoms with E-state index in [1.54, 1.807) is 36.0 Å². The summed E-state index contributed by atoms with van der Waals surface area (Å²) in [6.07, 6.45) is 0.674. The van der Waals surface area contributed by atoms with Gasteiger partial charge in [0.05, 0.1) is 22.6 Å². The molecule has 0 radical (unpaired) electrons. The Morgan fingerprint density at radius 3 is 2.85 bits per heavy atom. The second-order valence-corrected chi connectivity index (χ2v) is 7.84. The number of halogens is 1. The summed E-state index contributed by atoms with van der Waals surface area (Å²) in [5, 5.41) is 19.6. The molecule has 0 saturated carbocycles. The van der Waals surface area contributed by atoms with E-state index < -0.39 is 12.1 Å². The van der Waals surface area contributed by atoms with Gasteiger partial charge in [0.25, 0.3) is 5.91 Å². The maximum Gasteiger partial charge on any atom is 0.252 e. The van der Waals surface area contributed by atoms with Crippen molar-refractivity contribution in [2.75, 3.05) is 18.4 Å². The van der Waals surface area contributed by atoms with Crippen LogP contribution in [0.1, 0.15) is 21.7 Å². The first-order chi connectivity index (χ1) is 15.9. The van der Waals surface area contributed by atoms with Crippen molar-refractivity contribution >= 4 is 22.6 Å². The number of amides is 1. The predicted octanol–water partition coefficient (Wildman–Crippen LogP) is 1.61. The molecule has 10 nitrogen and oxygen atoms in total. The van der Waals surface area contributed by atoms with E-state index in [0.717, 1.165) is 11.2 Å². The maximum absolute atomic E-state index is 13.9. The van der Waals surface area contributed by atoms with E-state index in [2.05, 4.69) is 25.7 Å². The highest BCUT2D eigenvalue weighted by Crippen LogP contribution is 2.24. The van der Waals surface area contributed by atoms with Crippen LogP contribution < -0.4 is 16.4 Å². The van der Waals surface area contributed by atoms with Gasteiger partial charge in [-0.1, -0.05) is 0 Å². The van der Waals surface area contributed by atoms with Crippen molar-refractivity contribution in [1.29, 1.82) is 5.26 Å². The van der Waals surface area contributed by atoms with Crippen LogP contribution >= 0.6 is 0 Å². The van der Waals surface area contributed by atoms with Crippen molar-refractivity contribution in [3.05, 3.63) is 59.7 Å². The number of primary amides is 1. The molecule has 3 aromatic heterocycles. The van der Waals surface area contributed by atoms with E-state index in [0.29, 0.717) is 30.1 Å². The van der Waals surface area contributed by atoms with Gasteiger partial charge in [-0.25, -0.2) is 19.0 Å². The summed E-state index contributed by atoms with van der Waals surface area (Å²) in [5.41, 5.74) is 8.83. The Morgan fingerprint density at radius 2 is 2.15 bits per heavy atom. The van der Waals surface area contributed by atoms with Crippen LogP contribution in [-0.2, 0) is 0 Å². The highest BCUT2D eigenvalue weighted by atomic mass is 19.1. The van der Waals surface area contributed by atoms with Gasteiger partial charge in [-0.05, 0) is 43.3 Å². The Bertz CT molecular complexity index is 1420. The highest BCUT2D eigenvalue weighted by molar-refractivity contribution is 5.96. The number of fused-ring (bicyclic) bond motifs is 1. The molecule has 2 atom stereocenters. The molecular formula is C22H20FN9O. The van der Waals surface area contributed by atoms with Crippen LogP contribution in [-0.4, -0.2) is 55.5 Å². The van der Waals surface area contributed by atoms with E-state index in [1.807, 2.05) is 24.3 Å². The van der Waals surface area contributed by atoms with E-state index in [1.165, 1.54) is 4.68 Å². The molecule has 2 unspecified atom stereocenters. The molecule has 4 N–H and O–H groups in total. The molecule has 33 heavy (non-hydrogen) atoms. The number of anilines is 1. The molecule has 166 valence electrons. The van der Waals surface area contributed by atoms with Gasteiger partial charge in [0.1, 0.15) is 24.4 Å². The summed E-state index contributed by atoms with van der Waals surface area (Å²) in [4.78, 5) is 21.1. The summed E-state index contributed by atoms with van der Waals surface area (Å²) < 4.78 is 17.1. The Balaban J connectivity index is 1.55. The number of hydrogen-bond donors (Lipinski definition) is 3. The first kappa shape index (κ1) is 20.6. The number of nitrogens with zero attached hydrogens (tertiary/aromatic N) is 6. The van der Waals surface area contributed by atoms with Crippen molar-refractivity contribution in [1.82, 2.24) is 29.6 Å². The number of hydrogen-bond acceptors (Lipinski definition) is 7. The van der Waals surface area contributed by atoms with Crippen molar-refractivity contribution in [2.45, 2.75) is 19.1 Å². The minimum atomic E-state index is -0.947. The number of carbonyl (C=O) groups excluding carboxylic acids is 1. The van der Waals surface area contributed by atoms with Crippen LogP contribution in [0, 0.1) is 18.3 Å². The lowest BCUT2D eigenvalue weighted by Crippen LogP contribution is -2.29. The highest BCUT2D eigenvalue weighted by Gasteiger charge is 2.26. The number of nitriles is 1. The molecule has 1 amide bonds. The molecule has 1 aliphatic rings. The number of benzene rings is 1. The minimum Gasteiger partial charge on any atom is -0.378 e. The summed E-state index contributed by atoms with van der Waals surface area (Å²) in [7, 11) is 0. The number of imidazole rings is 1. The van der Waals surface area contributed by atoms with Gasteiger partial charge in [-0.15, -0.1) is 0 Å². The van der Waals surface area contributed by atoms with E-state index in [9.17, 15) is 14.4 Å². The summed E-state index contributed by atoms with van der Waals surface area (Å²) >= 11 is 0. The van der Waals surface area contributed by atoms with Crippen molar-refractivity contribution in [3.63, 3.8) is 0 Å². The van der Waals surface area contributed by atoms with Crippen molar-refractivity contribution in [2.24, 2.45) is 5.73 Å². The third-order valence-corrected chi connectivity index (χ3v) is 5.61. The zero-order valence-corrected chi connectivity index (χ0v) is 17.7. The molecule has 0 spiro atoms. The number of aryl methyl sites for hydroxylation is 1. The van der Waals surface area contributed by atoms with Gasteiger partial charge >= 0.3 is 0 Å². The number of pyridine rings is 1. The number of carbonyl (C=O) groups is 1. The minimum absolute atomic E-state index is 0.177. The second-order valence-electron chi connectivity index (χ2n) is 7.84. The molecule has 1 aromatic carbocycles. The average molecular weight is 445 g/mol. The first-order valence-electron chi connectivity index (χ1n) is 10.3. The molecule has 0 bridgehead atoms. The number of alkyl halides is 1. The lowest BCUT2D eigenvalue weighted by Gasteiger charge is -2.15. The lowest BCUT2D eigenvalue weighted by molar-refractivity contribution is 0.1000. The molecule has 4 aromatic rings. The fourth-order valence-electron chi connectivity index (χ4n) is 3.96. The number of aromatic nitrogens is 5. The summed E-state index contributed by atoms with van der Waals surface area (Å²) in [6, 6.07) is 12.1. The van der Waals surface area contributed by atoms with Crippen molar-refractivity contribution < 1.29 is 9.18 Å². The van der Waals surface area contributed by atoms with Gasteiger partial charge in [0.15, 0.2) is 11.5 Å². The SMILES string of the molecule is Cc1cc(C#N)nn1-c1nc(-n2cnc3cc(NC4CNCC4F)ccc32)ccc1C(N)=O. The zero-order valence-electron chi connectivity index (χ0n) is 17.7. The number of rotatable bonds is 5. The maximum atomic E-state index is 13.9. The lowest BCUT2D eigenvalue weighted by atomic mass is 10.2. The van der Waals surface area contributed by atoms with Crippen LogP contribution in [0.15, 0.2) is 42.7 Å². The molecular weight excluding hydrogens is 425 g/mol. The Kier molecular flexibility index (Phi) is 4.99. The Hall–Kier alpha value is -4.30. The van der Waals surface area contributed by atoms with E-state index in [4.69, 9.17) is 5.73 Å². The fourth-order valence-corrected chi connectivity index (χ4v) is 3.96. The summed E-state index contributed by atoms with van der Waals surface area (Å²) in [5.74, 6) is 0.0634.